The number of hydrogen-bond acceptors (Lipinski definition) is 6. The Hall–Kier alpha value is -1.56. The summed E-state index contributed by atoms with van der Waals surface area (Å²) in [5.74, 6) is 1.43. The maximum atomic E-state index is 5.62. The summed E-state index contributed by atoms with van der Waals surface area (Å²) in [5.41, 5.74) is 5.62. The molecule has 100 valence electrons. The zero-order chi connectivity index (χ0) is 13.0. The molecule has 1 aliphatic heterocycles. The van der Waals surface area contributed by atoms with Crippen molar-refractivity contribution >= 4 is 11.8 Å². The van der Waals surface area contributed by atoms with Crippen LogP contribution >= 0.6 is 0 Å². The van der Waals surface area contributed by atoms with Crippen LogP contribution in [0.3, 0.4) is 0 Å². The Labute approximate surface area is 108 Å². The van der Waals surface area contributed by atoms with Gasteiger partial charge in [-0.05, 0) is 32.9 Å². The van der Waals surface area contributed by atoms with Crippen molar-refractivity contribution in [3.63, 3.8) is 0 Å². The predicted molar refractivity (Wildman–Crippen MR) is 71.8 cm³/mol. The molecule has 2 heterocycles. The summed E-state index contributed by atoms with van der Waals surface area (Å²) in [6.45, 7) is 5.55. The van der Waals surface area contributed by atoms with Crippen LogP contribution in [0, 0.1) is 0 Å². The van der Waals surface area contributed by atoms with Crippen LogP contribution in [-0.2, 0) is 0 Å². The van der Waals surface area contributed by atoms with E-state index in [2.05, 4.69) is 27.1 Å². The molecule has 0 spiro atoms. The summed E-state index contributed by atoms with van der Waals surface area (Å²) >= 11 is 0. The molecule has 1 atom stereocenters. The number of anilines is 2. The standard InChI is InChI=1S/C12H21N5O/c1-9(8-17-5-3-4-6-17)14-10-7-11(18-2)16-12(13)15-10/h7,9H,3-6,8H2,1-2H3,(H3,13,14,15,16). The van der Waals surface area contributed by atoms with Crippen molar-refractivity contribution in [2.75, 3.05) is 37.8 Å². The number of likely N-dealkylation sites (tertiary alicyclic amines) is 1. The number of aromatic nitrogens is 2. The van der Waals surface area contributed by atoms with Gasteiger partial charge in [0, 0.05) is 18.7 Å². The van der Waals surface area contributed by atoms with E-state index in [1.165, 1.54) is 25.9 Å². The van der Waals surface area contributed by atoms with Gasteiger partial charge in [0.25, 0.3) is 0 Å². The minimum absolute atomic E-state index is 0.227. The molecule has 2 rings (SSSR count). The number of nitrogens with zero attached hydrogens (tertiary/aromatic N) is 3. The number of ether oxygens (including phenoxy) is 1. The van der Waals surface area contributed by atoms with Gasteiger partial charge in [-0.3, -0.25) is 0 Å². The Morgan fingerprint density at radius 2 is 2.17 bits per heavy atom. The van der Waals surface area contributed by atoms with Crippen LogP contribution in [0.2, 0.25) is 0 Å². The highest BCUT2D eigenvalue weighted by Gasteiger charge is 2.15. The summed E-state index contributed by atoms with van der Waals surface area (Å²) < 4.78 is 5.07. The van der Waals surface area contributed by atoms with Gasteiger partial charge in [0.15, 0.2) is 0 Å². The zero-order valence-corrected chi connectivity index (χ0v) is 11.0. The topological polar surface area (TPSA) is 76.3 Å². The number of nitrogen functional groups attached to an aromatic ring is 1. The van der Waals surface area contributed by atoms with Crippen molar-refractivity contribution in [3.8, 4) is 5.88 Å². The van der Waals surface area contributed by atoms with E-state index in [1.807, 2.05) is 0 Å². The molecule has 1 fully saturated rings. The van der Waals surface area contributed by atoms with Crippen LogP contribution in [0.4, 0.5) is 11.8 Å². The molecule has 1 unspecified atom stereocenters. The minimum Gasteiger partial charge on any atom is -0.481 e. The SMILES string of the molecule is COc1cc(NC(C)CN2CCCC2)nc(N)n1. The van der Waals surface area contributed by atoms with Crippen molar-refractivity contribution in [2.24, 2.45) is 0 Å². The molecule has 3 N–H and O–H groups in total. The maximum Gasteiger partial charge on any atom is 0.225 e. The smallest absolute Gasteiger partial charge is 0.225 e. The lowest BCUT2D eigenvalue weighted by molar-refractivity contribution is 0.327. The highest BCUT2D eigenvalue weighted by molar-refractivity contribution is 5.43. The van der Waals surface area contributed by atoms with E-state index in [9.17, 15) is 0 Å². The number of rotatable bonds is 5. The molecular weight excluding hydrogens is 230 g/mol. The van der Waals surface area contributed by atoms with Crippen molar-refractivity contribution < 1.29 is 4.74 Å². The third-order valence-electron chi connectivity index (χ3n) is 3.05. The van der Waals surface area contributed by atoms with Gasteiger partial charge in [0.05, 0.1) is 7.11 Å². The number of nitrogens with one attached hydrogen (secondary N) is 1. The average molecular weight is 251 g/mol. The minimum atomic E-state index is 0.227. The first-order chi connectivity index (χ1) is 8.67. The quantitative estimate of drug-likeness (QED) is 0.812. The molecule has 1 aliphatic rings. The van der Waals surface area contributed by atoms with E-state index >= 15 is 0 Å². The maximum absolute atomic E-state index is 5.62. The van der Waals surface area contributed by atoms with E-state index in [0.717, 1.165) is 6.54 Å². The molecule has 0 radical (unpaired) electrons. The van der Waals surface area contributed by atoms with E-state index < -0.39 is 0 Å². The van der Waals surface area contributed by atoms with Crippen molar-refractivity contribution in [1.29, 1.82) is 0 Å². The lowest BCUT2D eigenvalue weighted by atomic mass is 10.3. The first-order valence-corrected chi connectivity index (χ1v) is 6.35. The van der Waals surface area contributed by atoms with Gasteiger partial charge >= 0.3 is 0 Å². The second kappa shape index (κ2) is 5.86. The predicted octanol–water partition coefficient (Wildman–Crippen LogP) is 0.964. The third-order valence-corrected chi connectivity index (χ3v) is 3.05. The Kier molecular flexibility index (Phi) is 4.19. The molecule has 18 heavy (non-hydrogen) atoms. The van der Waals surface area contributed by atoms with Crippen LogP contribution in [0.15, 0.2) is 6.07 Å². The van der Waals surface area contributed by atoms with E-state index in [1.54, 1.807) is 13.2 Å². The number of hydrogen-bond donors (Lipinski definition) is 2. The van der Waals surface area contributed by atoms with Gasteiger partial charge in [0.2, 0.25) is 11.8 Å². The molecule has 6 nitrogen and oxygen atoms in total. The highest BCUT2D eigenvalue weighted by Crippen LogP contribution is 2.15. The normalized spacial score (nSPS) is 17.7. The third kappa shape index (κ3) is 3.46. The van der Waals surface area contributed by atoms with E-state index in [0.29, 0.717) is 17.7 Å². The Morgan fingerprint density at radius 1 is 1.44 bits per heavy atom. The van der Waals surface area contributed by atoms with Crippen LogP contribution in [0.5, 0.6) is 5.88 Å². The molecule has 1 aromatic heterocycles. The molecule has 0 aromatic carbocycles. The van der Waals surface area contributed by atoms with Gasteiger partial charge < -0.3 is 20.7 Å². The fourth-order valence-electron chi connectivity index (χ4n) is 2.27. The van der Waals surface area contributed by atoms with Gasteiger partial charge in [-0.1, -0.05) is 0 Å². The second-order valence-electron chi connectivity index (χ2n) is 4.71. The van der Waals surface area contributed by atoms with Crippen molar-refractivity contribution in [3.05, 3.63) is 6.07 Å². The first kappa shape index (κ1) is 12.9. The summed E-state index contributed by atoms with van der Waals surface area (Å²) in [7, 11) is 1.57. The van der Waals surface area contributed by atoms with Gasteiger partial charge in [-0.15, -0.1) is 0 Å². The highest BCUT2D eigenvalue weighted by atomic mass is 16.5. The fraction of sp³-hybridized carbons (Fsp3) is 0.667. The monoisotopic (exact) mass is 251 g/mol. The van der Waals surface area contributed by atoms with Gasteiger partial charge in [-0.2, -0.15) is 9.97 Å². The van der Waals surface area contributed by atoms with Crippen LogP contribution in [-0.4, -0.2) is 47.7 Å². The fourth-order valence-corrected chi connectivity index (χ4v) is 2.27. The largest absolute Gasteiger partial charge is 0.481 e. The Morgan fingerprint density at radius 3 is 2.83 bits per heavy atom. The second-order valence-corrected chi connectivity index (χ2v) is 4.71. The summed E-state index contributed by atoms with van der Waals surface area (Å²) in [5, 5.41) is 3.33. The summed E-state index contributed by atoms with van der Waals surface area (Å²) in [4.78, 5) is 10.6. The van der Waals surface area contributed by atoms with Gasteiger partial charge in [-0.25, -0.2) is 0 Å². The lowest BCUT2D eigenvalue weighted by Gasteiger charge is -2.21. The molecule has 0 saturated carbocycles. The molecular formula is C12H21N5O. The molecule has 0 bridgehead atoms. The van der Waals surface area contributed by atoms with Crippen LogP contribution < -0.4 is 15.8 Å². The van der Waals surface area contributed by atoms with Crippen molar-refractivity contribution in [1.82, 2.24) is 14.9 Å². The molecule has 0 aliphatic carbocycles. The zero-order valence-electron chi connectivity index (χ0n) is 11.0. The molecule has 1 saturated heterocycles. The first-order valence-electron chi connectivity index (χ1n) is 6.35. The number of methoxy groups -OCH3 is 1. The summed E-state index contributed by atoms with van der Waals surface area (Å²) in [6, 6.07) is 2.08. The molecule has 6 heteroatoms. The van der Waals surface area contributed by atoms with E-state index in [4.69, 9.17) is 10.5 Å². The van der Waals surface area contributed by atoms with Gasteiger partial charge in [0.1, 0.15) is 5.82 Å². The average Bonchev–Trinajstić information content (AvgIpc) is 2.80. The van der Waals surface area contributed by atoms with Crippen LogP contribution in [0.25, 0.3) is 0 Å². The van der Waals surface area contributed by atoms with Crippen molar-refractivity contribution in [2.45, 2.75) is 25.8 Å². The van der Waals surface area contributed by atoms with E-state index in [-0.39, 0.29) is 5.95 Å². The molecule has 1 aromatic rings. The number of nitrogens with two attached hydrogens (primary N) is 1. The Bertz CT molecular complexity index is 392. The van der Waals surface area contributed by atoms with Crippen LogP contribution in [0.1, 0.15) is 19.8 Å². The molecule has 0 amide bonds. The summed E-state index contributed by atoms with van der Waals surface area (Å²) in [6.07, 6.45) is 2.61. The Balaban J connectivity index is 1.93. The lowest BCUT2D eigenvalue weighted by Crippen LogP contribution is -2.33.